The van der Waals surface area contributed by atoms with Crippen molar-refractivity contribution in [1.29, 1.82) is 0 Å². The molecule has 1 fully saturated rings. The second-order valence-electron chi connectivity index (χ2n) is 3.66. The molecule has 0 radical (unpaired) electrons. The summed E-state index contributed by atoms with van der Waals surface area (Å²) in [5.41, 5.74) is 0. The largest absolute Gasteiger partial charge is 0.466 e. The number of carbonyl (C=O) groups excluding carboxylic acids is 3. The number of hydrogen-bond donors (Lipinski definition) is 0. The highest BCUT2D eigenvalue weighted by Crippen LogP contribution is 2.31. The van der Waals surface area contributed by atoms with Crippen LogP contribution in [-0.4, -0.2) is 30.9 Å². The van der Waals surface area contributed by atoms with Crippen molar-refractivity contribution >= 4 is 17.7 Å². The number of hydrogen-bond acceptors (Lipinski definition) is 5. The third-order valence-electron chi connectivity index (χ3n) is 2.56. The molecular formula is C11H16O5. The predicted octanol–water partition coefficient (Wildman–Crippen LogP) is 0.708. The fourth-order valence-electron chi connectivity index (χ4n) is 1.85. The first-order valence-electron chi connectivity index (χ1n) is 5.45. The molecule has 1 saturated carbocycles. The second kappa shape index (κ2) is 5.63. The van der Waals surface area contributed by atoms with Crippen LogP contribution in [0.5, 0.6) is 0 Å². The lowest BCUT2D eigenvalue weighted by molar-refractivity contribution is -0.158. The zero-order chi connectivity index (χ0) is 12.1. The summed E-state index contributed by atoms with van der Waals surface area (Å²) in [6.07, 6.45) is 0.171. The summed E-state index contributed by atoms with van der Waals surface area (Å²) >= 11 is 0. The van der Waals surface area contributed by atoms with Gasteiger partial charge in [-0.3, -0.25) is 14.4 Å². The van der Waals surface area contributed by atoms with Gasteiger partial charge in [-0.2, -0.15) is 0 Å². The normalized spacial score (nSPS) is 24.2. The van der Waals surface area contributed by atoms with Crippen molar-refractivity contribution in [3.8, 4) is 0 Å². The maximum atomic E-state index is 11.5. The van der Waals surface area contributed by atoms with E-state index in [1.165, 1.54) is 0 Å². The van der Waals surface area contributed by atoms with E-state index in [4.69, 9.17) is 9.47 Å². The zero-order valence-electron chi connectivity index (χ0n) is 9.52. The molecule has 1 aliphatic rings. The van der Waals surface area contributed by atoms with Crippen molar-refractivity contribution in [3.63, 3.8) is 0 Å². The summed E-state index contributed by atoms with van der Waals surface area (Å²) in [4.78, 5) is 34.3. The van der Waals surface area contributed by atoms with Gasteiger partial charge in [-0.05, 0) is 13.8 Å². The van der Waals surface area contributed by atoms with Crippen molar-refractivity contribution < 1.29 is 23.9 Å². The van der Waals surface area contributed by atoms with E-state index in [1.807, 2.05) is 0 Å². The number of rotatable bonds is 4. The topological polar surface area (TPSA) is 69.7 Å². The van der Waals surface area contributed by atoms with E-state index in [0.29, 0.717) is 0 Å². The maximum absolute atomic E-state index is 11.5. The molecule has 0 aromatic heterocycles. The second-order valence-corrected chi connectivity index (χ2v) is 3.66. The van der Waals surface area contributed by atoms with E-state index in [2.05, 4.69) is 0 Å². The van der Waals surface area contributed by atoms with Gasteiger partial charge in [0.2, 0.25) is 0 Å². The van der Waals surface area contributed by atoms with E-state index < -0.39 is 23.8 Å². The van der Waals surface area contributed by atoms with Crippen LogP contribution in [0, 0.1) is 11.8 Å². The molecule has 0 heterocycles. The summed E-state index contributed by atoms with van der Waals surface area (Å²) in [5, 5.41) is 0. The van der Waals surface area contributed by atoms with Gasteiger partial charge in [0.25, 0.3) is 0 Å². The molecule has 0 saturated heterocycles. The van der Waals surface area contributed by atoms with Crippen LogP contribution in [0.15, 0.2) is 0 Å². The Kier molecular flexibility index (Phi) is 4.46. The number of ketones is 1. The summed E-state index contributed by atoms with van der Waals surface area (Å²) < 4.78 is 9.67. The van der Waals surface area contributed by atoms with Crippen molar-refractivity contribution in [1.82, 2.24) is 0 Å². The highest BCUT2D eigenvalue weighted by Gasteiger charge is 2.43. The average molecular weight is 228 g/mol. The van der Waals surface area contributed by atoms with Gasteiger partial charge in [0.1, 0.15) is 5.78 Å². The standard InChI is InChI=1S/C11H16O5/c1-3-15-10(13)8-5-7(12)6-9(8)11(14)16-4-2/h8-9H,3-6H2,1-2H3/t8-,9+. The molecule has 5 nitrogen and oxygen atoms in total. The minimum absolute atomic E-state index is 0.0856. The lowest BCUT2D eigenvalue weighted by Crippen LogP contribution is -2.28. The van der Waals surface area contributed by atoms with Crippen LogP contribution in [0.25, 0.3) is 0 Å². The van der Waals surface area contributed by atoms with Crippen LogP contribution in [0.3, 0.4) is 0 Å². The molecule has 0 aromatic carbocycles. The minimum Gasteiger partial charge on any atom is -0.466 e. The van der Waals surface area contributed by atoms with E-state index in [0.717, 1.165) is 0 Å². The first-order valence-corrected chi connectivity index (χ1v) is 5.45. The van der Waals surface area contributed by atoms with Gasteiger partial charge in [0.05, 0.1) is 25.0 Å². The molecule has 16 heavy (non-hydrogen) atoms. The first-order chi connectivity index (χ1) is 7.60. The first kappa shape index (κ1) is 12.7. The Balaban J connectivity index is 2.69. The lowest BCUT2D eigenvalue weighted by atomic mass is 9.96. The molecule has 90 valence electrons. The predicted molar refractivity (Wildman–Crippen MR) is 54.5 cm³/mol. The summed E-state index contributed by atoms with van der Waals surface area (Å²) in [6, 6.07) is 0. The van der Waals surface area contributed by atoms with Crippen LogP contribution in [-0.2, 0) is 23.9 Å². The van der Waals surface area contributed by atoms with Gasteiger partial charge in [0.15, 0.2) is 0 Å². The molecule has 1 rings (SSSR count). The Hall–Kier alpha value is -1.39. The monoisotopic (exact) mass is 228 g/mol. The van der Waals surface area contributed by atoms with Crippen molar-refractivity contribution in [3.05, 3.63) is 0 Å². The number of Topliss-reactive ketones (excluding diaryl/α,β-unsaturated/α-hetero) is 1. The fraction of sp³-hybridized carbons (Fsp3) is 0.727. The quantitative estimate of drug-likeness (QED) is 0.663. The average Bonchev–Trinajstić information content (AvgIpc) is 2.61. The minimum atomic E-state index is -0.661. The van der Waals surface area contributed by atoms with Crippen molar-refractivity contribution in [2.24, 2.45) is 11.8 Å². The van der Waals surface area contributed by atoms with Gasteiger partial charge >= 0.3 is 11.9 Å². The Morgan fingerprint density at radius 1 is 1.06 bits per heavy atom. The van der Waals surface area contributed by atoms with Gasteiger partial charge < -0.3 is 9.47 Å². The summed E-state index contributed by atoms with van der Waals surface area (Å²) in [6.45, 7) is 3.88. The number of ether oxygens (including phenoxy) is 2. The molecule has 5 heteroatoms. The van der Waals surface area contributed by atoms with Crippen molar-refractivity contribution in [2.45, 2.75) is 26.7 Å². The Labute approximate surface area is 94.1 Å². The lowest BCUT2D eigenvalue weighted by Gasteiger charge is -2.15. The van der Waals surface area contributed by atoms with Gasteiger partial charge in [-0.15, -0.1) is 0 Å². The molecule has 0 bridgehead atoms. The number of carbonyl (C=O) groups is 3. The summed E-state index contributed by atoms with van der Waals surface area (Å²) in [7, 11) is 0. The fourth-order valence-corrected chi connectivity index (χ4v) is 1.85. The van der Waals surface area contributed by atoms with Gasteiger partial charge in [0, 0.05) is 12.8 Å². The maximum Gasteiger partial charge on any atom is 0.310 e. The highest BCUT2D eigenvalue weighted by molar-refractivity contribution is 5.95. The molecule has 0 amide bonds. The summed E-state index contributed by atoms with van der Waals surface area (Å²) in [5.74, 6) is -2.37. The SMILES string of the molecule is CCOC(=O)[C@H]1CC(=O)C[C@H]1C(=O)OCC. The van der Waals surface area contributed by atoms with Crippen LogP contribution >= 0.6 is 0 Å². The Morgan fingerprint density at radius 2 is 1.44 bits per heavy atom. The smallest absolute Gasteiger partial charge is 0.310 e. The molecular weight excluding hydrogens is 212 g/mol. The van der Waals surface area contributed by atoms with Crippen LogP contribution in [0.2, 0.25) is 0 Å². The molecule has 0 N–H and O–H groups in total. The number of esters is 2. The van der Waals surface area contributed by atoms with Crippen LogP contribution < -0.4 is 0 Å². The Bertz CT molecular complexity index is 269. The van der Waals surface area contributed by atoms with Crippen LogP contribution in [0.1, 0.15) is 26.7 Å². The van der Waals surface area contributed by atoms with E-state index in [-0.39, 0.29) is 31.8 Å². The third-order valence-corrected chi connectivity index (χ3v) is 2.56. The highest BCUT2D eigenvalue weighted by atomic mass is 16.5. The van der Waals surface area contributed by atoms with E-state index in [1.54, 1.807) is 13.8 Å². The Morgan fingerprint density at radius 3 is 1.75 bits per heavy atom. The molecule has 1 aliphatic carbocycles. The molecule has 0 spiro atoms. The third kappa shape index (κ3) is 2.81. The molecule has 0 aliphatic heterocycles. The molecule has 2 atom stereocenters. The van der Waals surface area contributed by atoms with E-state index >= 15 is 0 Å². The van der Waals surface area contributed by atoms with Crippen molar-refractivity contribution in [2.75, 3.05) is 13.2 Å². The zero-order valence-corrected chi connectivity index (χ0v) is 9.52. The molecule has 0 unspecified atom stereocenters. The van der Waals surface area contributed by atoms with E-state index in [9.17, 15) is 14.4 Å². The van der Waals surface area contributed by atoms with Gasteiger partial charge in [-0.1, -0.05) is 0 Å². The van der Waals surface area contributed by atoms with Gasteiger partial charge in [-0.25, -0.2) is 0 Å². The molecule has 0 aromatic rings. The van der Waals surface area contributed by atoms with Crippen LogP contribution in [0.4, 0.5) is 0 Å².